The summed E-state index contributed by atoms with van der Waals surface area (Å²) in [6, 6.07) is 3.06. The molecule has 0 spiro atoms. The predicted molar refractivity (Wildman–Crippen MR) is 56.9 cm³/mol. The molecule has 1 rings (SSSR count). The Morgan fingerprint density at radius 3 is 2.47 bits per heavy atom. The van der Waals surface area contributed by atoms with Crippen molar-refractivity contribution >= 4 is 21.6 Å². The molecule has 0 atom stereocenters. The van der Waals surface area contributed by atoms with Crippen LogP contribution in [0.5, 0.6) is 0 Å². The number of halogens is 2. The lowest BCUT2D eigenvalue weighted by molar-refractivity contribution is 0.569. The van der Waals surface area contributed by atoms with Gasteiger partial charge in [-0.25, -0.2) is 17.5 Å². The molecule has 1 aromatic rings. The van der Waals surface area contributed by atoms with Crippen LogP contribution in [-0.2, 0) is 10.0 Å². The molecule has 0 aromatic heterocycles. The minimum atomic E-state index is -3.60. The molecule has 0 aliphatic heterocycles. The van der Waals surface area contributed by atoms with E-state index in [0.717, 1.165) is 12.1 Å². The van der Waals surface area contributed by atoms with E-state index in [1.165, 1.54) is 6.07 Å². The van der Waals surface area contributed by atoms with Gasteiger partial charge in [0.1, 0.15) is 5.82 Å². The highest BCUT2D eigenvalue weighted by molar-refractivity contribution is 7.89. The fraction of sp³-hybridized carbons (Fsp3) is 0.333. The normalized spacial score (nSPS) is 12.1. The summed E-state index contributed by atoms with van der Waals surface area (Å²) in [6.45, 7) is 3.39. The predicted octanol–water partition coefficient (Wildman–Crippen LogP) is 2.17. The lowest BCUT2D eigenvalue weighted by Gasteiger charge is -2.09. The van der Waals surface area contributed by atoms with Crippen LogP contribution in [0.25, 0.3) is 0 Å². The highest BCUT2D eigenvalue weighted by Gasteiger charge is 2.16. The Kier molecular flexibility index (Phi) is 3.70. The molecular weight excluding hydrogens is 241 g/mol. The van der Waals surface area contributed by atoms with Gasteiger partial charge in [-0.1, -0.05) is 11.6 Å². The average molecular weight is 252 g/mol. The van der Waals surface area contributed by atoms with E-state index in [9.17, 15) is 12.8 Å². The number of hydrogen-bond donors (Lipinski definition) is 1. The average Bonchev–Trinajstić information content (AvgIpc) is 2.07. The van der Waals surface area contributed by atoms with Gasteiger partial charge in [0.2, 0.25) is 10.0 Å². The topological polar surface area (TPSA) is 46.2 Å². The highest BCUT2D eigenvalue weighted by Crippen LogP contribution is 2.19. The maximum Gasteiger partial charge on any atom is 0.240 e. The third kappa shape index (κ3) is 3.15. The van der Waals surface area contributed by atoms with Gasteiger partial charge >= 0.3 is 0 Å². The molecule has 0 bridgehead atoms. The Balaban J connectivity index is 3.11. The maximum atomic E-state index is 12.8. The van der Waals surface area contributed by atoms with Crippen molar-refractivity contribution in [3.8, 4) is 0 Å². The Morgan fingerprint density at radius 1 is 1.40 bits per heavy atom. The zero-order chi connectivity index (χ0) is 11.6. The molecule has 0 fully saturated rings. The summed E-state index contributed by atoms with van der Waals surface area (Å²) in [5.74, 6) is -0.639. The molecule has 0 radical (unpaired) electrons. The summed E-state index contributed by atoms with van der Waals surface area (Å²) < 4.78 is 38.4. The number of rotatable bonds is 3. The van der Waals surface area contributed by atoms with Crippen molar-refractivity contribution in [3.05, 3.63) is 29.0 Å². The van der Waals surface area contributed by atoms with Crippen LogP contribution in [0.4, 0.5) is 4.39 Å². The van der Waals surface area contributed by atoms with Gasteiger partial charge in [-0.2, -0.15) is 0 Å². The molecule has 1 N–H and O–H groups in total. The van der Waals surface area contributed by atoms with Crippen LogP contribution >= 0.6 is 11.6 Å². The summed E-state index contributed by atoms with van der Waals surface area (Å²) >= 11 is 5.49. The molecule has 0 amide bonds. The van der Waals surface area contributed by atoms with E-state index in [2.05, 4.69) is 4.72 Å². The van der Waals surface area contributed by atoms with E-state index >= 15 is 0 Å². The Bertz CT molecular complexity index is 459. The van der Waals surface area contributed by atoms with Crippen molar-refractivity contribution in [3.63, 3.8) is 0 Å². The van der Waals surface area contributed by atoms with Gasteiger partial charge in [0.15, 0.2) is 0 Å². The van der Waals surface area contributed by atoms with Crippen LogP contribution in [0.2, 0.25) is 5.02 Å². The minimum absolute atomic E-state index is 0.0393. The van der Waals surface area contributed by atoms with Crippen LogP contribution in [-0.4, -0.2) is 14.5 Å². The SMILES string of the molecule is CC(C)NS(=O)(=O)c1ccc(F)c(Cl)c1. The number of hydrogen-bond acceptors (Lipinski definition) is 2. The second-order valence-electron chi connectivity index (χ2n) is 3.35. The van der Waals surface area contributed by atoms with Crippen LogP contribution in [0, 0.1) is 5.82 Å². The van der Waals surface area contributed by atoms with Gasteiger partial charge in [0.25, 0.3) is 0 Å². The quantitative estimate of drug-likeness (QED) is 0.895. The molecule has 0 heterocycles. The fourth-order valence-corrected chi connectivity index (χ4v) is 2.54. The number of nitrogens with one attached hydrogen (secondary N) is 1. The molecule has 0 aliphatic carbocycles. The summed E-state index contributed by atoms with van der Waals surface area (Å²) in [5.41, 5.74) is 0. The summed E-state index contributed by atoms with van der Waals surface area (Å²) in [6.07, 6.45) is 0. The third-order valence-electron chi connectivity index (χ3n) is 1.59. The van der Waals surface area contributed by atoms with Crippen molar-refractivity contribution in [1.29, 1.82) is 0 Å². The summed E-state index contributed by atoms with van der Waals surface area (Å²) in [5, 5.41) is -0.207. The molecule has 0 aliphatic rings. The van der Waals surface area contributed by atoms with E-state index in [0.29, 0.717) is 0 Å². The standard InChI is InChI=1S/C9H11ClFNO2S/c1-6(2)12-15(13,14)7-3-4-9(11)8(10)5-7/h3-6,12H,1-2H3. The molecule has 6 heteroatoms. The zero-order valence-electron chi connectivity index (χ0n) is 8.29. The lowest BCUT2D eigenvalue weighted by Crippen LogP contribution is -2.30. The zero-order valence-corrected chi connectivity index (χ0v) is 9.86. The molecule has 15 heavy (non-hydrogen) atoms. The number of benzene rings is 1. The molecular formula is C9H11ClFNO2S. The van der Waals surface area contributed by atoms with Crippen LogP contribution in [0.3, 0.4) is 0 Å². The van der Waals surface area contributed by atoms with E-state index in [1.54, 1.807) is 13.8 Å². The van der Waals surface area contributed by atoms with Gasteiger partial charge < -0.3 is 0 Å². The smallest absolute Gasteiger partial charge is 0.209 e. The third-order valence-corrected chi connectivity index (χ3v) is 3.54. The second-order valence-corrected chi connectivity index (χ2v) is 5.47. The van der Waals surface area contributed by atoms with Crippen molar-refractivity contribution in [1.82, 2.24) is 4.72 Å². The van der Waals surface area contributed by atoms with E-state index in [1.807, 2.05) is 0 Å². The summed E-state index contributed by atoms with van der Waals surface area (Å²) in [4.78, 5) is -0.0393. The van der Waals surface area contributed by atoms with E-state index in [4.69, 9.17) is 11.6 Å². The molecule has 1 aromatic carbocycles. The largest absolute Gasteiger partial charge is 0.240 e. The minimum Gasteiger partial charge on any atom is -0.209 e. The Labute approximate surface area is 93.3 Å². The van der Waals surface area contributed by atoms with Gasteiger partial charge in [-0.15, -0.1) is 0 Å². The van der Waals surface area contributed by atoms with Crippen molar-refractivity contribution < 1.29 is 12.8 Å². The van der Waals surface area contributed by atoms with Crippen molar-refractivity contribution in [2.45, 2.75) is 24.8 Å². The summed E-state index contributed by atoms with van der Waals surface area (Å²) in [7, 11) is -3.60. The van der Waals surface area contributed by atoms with Gasteiger partial charge in [-0.3, -0.25) is 0 Å². The molecule has 0 saturated heterocycles. The van der Waals surface area contributed by atoms with E-state index in [-0.39, 0.29) is 16.0 Å². The molecule has 3 nitrogen and oxygen atoms in total. The van der Waals surface area contributed by atoms with Gasteiger partial charge in [-0.05, 0) is 32.0 Å². The van der Waals surface area contributed by atoms with E-state index < -0.39 is 15.8 Å². The lowest BCUT2D eigenvalue weighted by atomic mass is 10.3. The first-order chi connectivity index (χ1) is 6.83. The van der Waals surface area contributed by atoms with Crippen molar-refractivity contribution in [2.24, 2.45) is 0 Å². The number of sulfonamides is 1. The first-order valence-electron chi connectivity index (χ1n) is 4.30. The highest BCUT2D eigenvalue weighted by atomic mass is 35.5. The van der Waals surface area contributed by atoms with Crippen molar-refractivity contribution in [2.75, 3.05) is 0 Å². The second kappa shape index (κ2) is 4.47. The Hall–Kier alpha value is -0.650. The monoisotopic (exact) mass is 251 g/mol. The van der Waals surface area contributed by atoms with Crippen LogP contribution in [0.1, 0.15) is 13.8 Å². The first kappa shape index (κ1) is 12.4. The molecule has 0 unspecified atom stereocenters. The van der Waals surface area contributed by atoms with Crippen LogP contribution < -0.4 is 4.72 Å². The van der Waals surface area contributed by atoms with Crippen LogP contribution in [0.15, 0.2) is 23.1 Å². The fourth-order valence-electron chi connectivity index (χ4n) is 1.02. The Morgan fingerprint density at radius 2 is 2.00 bits per heavy atom. The van der Waals surface area contributed by atoms with Gasteiger partial charge in [0, 0.05) is 6.04 Å². The van der Waals surface area contributed by atoms with Gasteiger partial charge in [0.05, 0.1) is 9.92 Å². The molecule has 84 valence electrons. The molecule has 0 saturated carbocycles. The first-order valence-corrected chi connectivity index (χ1v) is 6.16. The maximum absolute atomic E-state index is 12.8.